The largest absolute Gasteiger partial charge is 0.462 e. The Morgan fingerprint density at radius 1 is 0.300 bits per heavy atom. The van der Waals surface area contributed by atoms with E-state index in [0.717, 1.165) is 109 Å². The van der Waals surface area contributed by atoms with Gasteiger partial charge in [-0.05, 0) is 96.3 Å². The van der Waals surface area contributed by atoms with E-state index >= 15 is 0 Å². The molecule has 1 unspecified atom stereocenters. The molecular weight excluding hydrogens is 865 g/mol. The molecule has 0 spiro atoms. The molecule has 0 saturated heterocycles. The van der Waals surface area contributed by atoms with Gasteiger partial charge in [0.15, 0.2) is 6.10 Å². The molecule has 1 atom stereocenters. The molecule has 6 heteroatoms. The summed E-state index contributed by atoms with van der Waals surface area (Å²) in [7, 11) is 0. The zero-order chi connectivity index (χ0) is 50.7. The van der Waals surface area contributed by atoms with Gasteiger partial charge in [0, 0.05) is 19.3 Å². The van der Waals surface area contributed by atoms with Crippen LogP contribution >= 0.6 is 0 Å². The van der Waals surface area contributed by atoms with Crippen molar-refractivity contribution in [1.29, 1.82) is 0 Å². The summed E-state index contributed by atoms with van der Waals surface area (Å²) >= 11 is 0. The van der Waals surface area contributed by atoms with Gasteiger partial charge in [-0.15, -0.1) is 0 Å². The number of hydrogen-bond donors (Lipinski definition) is 0. The molecule has 0 amide bonds. The van der Waals surface area contributed by atoms with Gasteiger partial charge in [-0.25, -0.2) is 0 Å². The van der Waals surface area contributed by atoms with Crippen LogP contribution in [-0.4, -0.2) is 37.2 Å². The standard InChI is InChI=1S/C64H110O6/c1-4-7-10-13-16-19-21-23-25-27-29-30-31-32-33-34-36-37-39-41-43-45-48-51-54-57-63(66)69-60-61(59-68-62(65)56-53-50-47-18-15-12-9-6-3)70-64(67)58-55-52-49-46-44-42-40-38-35-28-26-24-22-20-17-14-11-8-5-2/h7,10,16-17,19-20,23-26,29-30,35,38,61H,4-6,8-9,11-15,18,21-22,27-28,31-34,36-37,39-60H2,1-3H3/b10-7-,19-16-,20-17-,25-23-,26-24-,30-29-,38-35-. The smallest absolute Gasteiger partial charge is 0.306 e. The van der Waals surface area contributed by atoms with Crippen molar-refractivity contribution in [3.63, 3.8) is 0 Å². The van der Waals surface area contributed by atoms with Crippen LogP contribution in [0.4, 0.5) is 0 Å². The molecule has 0 N–H and O–H groups in total. The third-order valence-electron chi connectivity index (χ3n) is 12.6. The number of allylic oxidation sites excluding steroid dienone is 14. The van der Waals surface area contributed by atoms with Gasteiger partial charge in [0.2, 0.25) is 0 Å². The van der Waals surface area contributed by atoms with E-state index in [-0.39, 0.29) is 31.1 Å². The Morgan fingerprint density at radius 3 is 0.900 bits per heavy atom. The van der Waals surface area contributed by atoms with Crippen molar-refractivity contribution >= 4 is 17.9 Å². The molecule has 0 aromatic rings. The van der Waals surface area contributed by atoms with E-state index in [9.17, 15) is 14.4 Å². The summed E-state index contributed by atoms with van der Waals surface area (Å²) in [6.45, 7) is 6.47. The minimum atomic E-state index is -0.782. The summed E-state index contributed by atoms with van der Waals surface area (Å²) in [6, 6.07) is 0. The van der Waals surface area contributed by atoms with Crippen molar-refractivity contribution in [2.75, 3.05) is 13.2 Å². The summed E-state index contributed by atoms with van der Waals surface area (Å²) in [5.41, 5.74) is 0. The highest BCUT2D eigenvalue weighted by Crippen LogP contribution is 2.16. The van der Waals surface area contributed by atoms with Crippen LogP contribution in [-0.2, 0) is 28.6 Å². The lowest BCUT2D eigenvalue weighted by atomic mass is 10.0. The van der Waals surface area contributed by atoms with Crippen LogP contribution in [0.15, 0.2) is 85.1 Å². The summed E-state index contributed by atoms with van der Waals surface area (Å²) in [5, 5.41) is 0. The first kappa shape index (κ1) is 66.6. The van der Waals surface area contributed by atoms with E-state index in [1.165, 1.54) is 135 Å². The number of ether oxygens (including phenoxy) is 3. The highest BCUT2D eigenvalue weighted by atomic mass is 16.6. The average Bonchev–Trinajstić information content (AvgIpc) is 3.36. The Balaban J connectivity index is 4.22. The molecular formula is C64H110O6. The second kappa shape index (κ2) is 58.2. The third-order valence-corrected chi connectivity index (χ3v) is 12.6. The van der Waals surface area contributed by atoms with Crippen molar-refractivity contribution in [2.45, 2.75) is 290 Å². The average molecular weight is 976 g/mol. The van der Waals surface area contributed by atoms with Crippen molar-refractivity contribution < 1.29 is 28.6 Å². The molecule has 0 heterocycles. The minimum Gasteiger partial charge on any atom is -0.462 e. The number of carbonyl (C=O) groups is 3. The first-order valence-corrected chi connectivity index (χ1v) is 29.6. The van der Waals surface area contributed by atoms with E-state index in [1.54, 1.807) is 0 Å². The molecule has 70 heavy (non-hydrogen) atoms. The van der Waals surface area contributed by atoms with Crippen LogP contribution in [0.3, 0.4) is 0 Å². The van der Waals surface area contributed by atoms with Crippen molar-refractivity contribution in [2.24, 2.45) is 0 Å². The zero-order valence-corrected chi connectivity index (χ0v) is 46.0. The van der Waals surface area contributed by atoms with E-state index in [4.69, 9.17) is 14.2 Å². The molecule has 0 aliphatic carbocycles. The van der Waals surface area contributed by atoms with Gasteiger partial charge >= 0.3 is 17.9 Å². The number of rotatable bonds is 53. The van der Waals surface area contributed by atoms with Crippen LogP contribution in [0.1, 0.15) is 284 Å². The van der Waals surface area contributed by atoms with Crippen molar-refractivity contribution in [1.82, 2.24) is 0 Å². The Labute approximate surface area is 433 Å². The molecule has 0 rings (SSSR count). The maximum atomic E-state index is 12.8. The Morgan fingerprint density at radius 2 is 0.557 bits per heavy atom. The minimum absolute atomic E-state index is 0.0805. The fraction of sp³-hybridized carbons (Fsp3) is 0.734. The zero-order valence-electron chi connectivity index (χ0n) is 46.0. The highest BCUT2D eigenvalue weighted by Gasteiger charge is 2.19. The monoisotopic (exact) mass is 975 g/mol. The Kier molecular flexibility index (Phi) is 55.3. The maximum Gasteiger partial charge on any atom is 0.306 e. The van der Waals surface area contributed by atoms with Crippen LogP contribution < -0.4 is 0 Å². The van der Waals surface area contributed by atoms with Crippen LogP contribution in [0, 0.1) is 0 Å². The Hall–Kier alpha value is -3.41. The van der Waals surface area contributed by atoms with Crippen molar-refractivity contribution in [3.05, 3.63) is 85.1 Å². The topological polar surface area (TPSA) is 78.9 Å². The van der Waals surface area contributed by atoms with E-state index < -0.39 is 6.10 Å². The lowest BCUT2D eigenvalue weighted by Crippen LogP contribution is -2.30. The van der Waals surface area contributed by atoms with Gasteiger partial charge in [-0.2, -0.15) is 0 Å². The number of carbonyl (C=O) groups excluding carboxylic acids is 3. The second-order valence-electron chi connectivity index (χ2n) is 19.5. The van der Waals surface area contributed by atoms with Gasteiger partial charge in [-0.1, -0.05) is 254 Å². The van der Waals surface area contributed by atoms with E-state index in [1.807, 2.05) is 0 Å². The fourth-order valence-corrected chi connectivity index (χ4v) is 8.21. The number of esters is 3. The van der Waals surface area contributed by atoms with Crippen LogP contribution in [0.5, 0.6) is 0 Å². The molecule has 402 valence electrons. The van der Waals surface area contributed by atoms with Gasteiger partial charge in [0.05, 0.1) is 0 Å². The van der Waals surface area contributed by atoms with E-state index in [2.05, 4.69) is 106 Å². The summed E-state index contributed by atoms with van der Waals surface area (Å²) < 4.78 is 16.8. The van der Waals surface area contributed by atoms with Gasteiger partial charge in [0.1, 0.15) is 13.2 Å². The lowest BCUT2D eigenvalue weighted by molar-refractivity contribution is -0.167. The molecule has 0 aliphatic rings. The SMILES string of the molecule is CC/C=C\C/C=C\C/C=C\C/C=C\CCCCCCCCCCCCCCC(=O)OCC(COC(=O)CCCCCCCCCC)OC(=O)CCCCCCCC/C=C\C/C=C\C/C=C\CCCCC. The predicted octanol–water partition coefficient (Wildman–Crippen LogP) is 19.9. The fourth-order valence-electron chi connectivity index (χ4n) is 8.21. The predicted molar refractivity (Wildman–Crippen MR) is 302 cm³/mol. The Bertz CT molecular complexity index is 1350. The van der Waals surface area contributed by atoms with Crippen LogP contribution in [0.2, 0.25) is 0 Å². The molecule has 6 nitrogen and oxygen atoms in total. The molecule has 0 bridgehead atoms. The summed E-state index contributed by atoms with van der Waals surface area (Å²) in [6.07, 6.45) is 75.9. The maximum absolute atomic E-state index is 12.8. The molecule has 0 aromatic carbocycles. The quantitative estimate of drug-likeness (QED) is 0.0261. The molecule has 0 aliphatic heterocycles. The second-order valence-corrected chi connectivity index (χ2v) is 19.5. The van der Waals surface area contributed by atoms with E-state index in [0.29, 0.717) is 19.3 Å². The molecule has 0 fully saturated rings. The number of unbranched alkanes of at least 4 members (excludes halogenated alkanes) is 28. The van der Waals surface area contributed by atoms with Gasteiger partial charge in [0.25, 0.3) is 0 Å². The van der Waals surface area contributed by atoms with Gasteiger partial charge in [-0.3, -0.25) is 14.4 Å². The number of hydrogen-bond acceptors (Lipinski definition) is 6. The van der Waals surface area contributed by atoms with Crippen LogP contribution in [0.25, 0.3) is 0 Å². The molecule has 0 aromatic heterocycles. The normalized spacial score (nSPS) is 12.7. The van der Waals surface area contributed by atoms with Crippen molar-refractivity contribution in [3.8, 4) is 0 Å². The highest BCUT2D eigenvalue weighted by molar-refractivity contribution is 5.71. The summed E-state index contributed by atoms with van der Waals surface area (Å²) in [4.78, 5) is 38.0. The first-order valence-electron chi connectivity index (χ1n) is 29.6. The van der Waals surface area contributed by atoms with Gasteiger partial charge < -0.3 is 14.2 Å². The summed E-state index contributed by atoms with van der Waals surface area (Å²) in [5.74, 6) is -0.893. The lowest BCUT2D eigenvalue weighted by Gasteiger charge is -2.18. The molecule has 0 radical (unpaired) electrons. The molecule has 0 saturated carbocycles. The third kappa shape index (κ3) is 55.5. The first-order chi connectivity index (χ1) is 34.5.